The van der Waals surface area contributed by atoms with Crippen LogP contribution in [-0.4, -0.2) is 28.5 Å². The molecule has 4 aliphatic rings. The first-order chi connectivity index (χ1) is 11.5. The summed E-state index contributed by atoms with van der Waals surface area (Å²) in [6, 6.07) is 5.97. The van der Waals surface area contributed by atoms with Crippen molar-refractivity contribution in [3.05, 3.63) is 29.3 Å². The van der Waals surface area contributed by atoms with Crippen molar-refractivity contribution < 1.29 is 14.9 Å². The molecule has 0 radical (unpaired) electrons. The summed E-state index contributed by atoms with van der Waals surface area (Å²) in [5, 5.41) is 21.3. The minimum atomic E-state index is -0.529. The van der Waals surface area contributed by atoms with E-state index in [0.717, 1.165) is 38.7 Å². The lowest BCUT2D eigenvalue weighted by atomic mass is 9.53. The van der Waals surface area contributed by atoms with Crippen molar-refractivity contribution >= 4 is 0 Å². The summed E-state index contributed by atoms with van der Waals surface area (Å²) in [4.78, 5) is 0. The van der Waals surface area contributed by atoms with E-state index in [0.29, 0.717) is 29.6 Å². The van der Waals surface area contributed by atoms with Crippen molar-refractivity contribution in [2.45, 2.75) is 69.5 Å². The third-order valence-electron chi connectivity index (χ3n) is 8.00. The fraction of sp³-hybridized carbons (Fsp3) is 0.714. The van der Waals surface area contributed by atoms with E-state index in [1.165, 1.54) is 24.0 Å². The van der Waals surface area contributed by atoms with Crippen LogP contribution in [0.4, 0.5) is 0 Å². The molecule has 3 heteroatoms. The van der Waals surface area contributed by atoms with E-state index in [9.17, 15) is 10.2 Å². The smallest absolute Gasteiger partial charge is 0.115 e. The van der Waals surface area contributed by atoms with Crippen molar-refractivity contribution in [3.63, 3.8) is 0 Å². The summed E-state index contributed by atoms with van der Waals surface area (Å²) < 4.78 is 5.44. The van der Waals surface area contributed by atoms with E-state index in [2.05, 4.69) is 13.0 Å². The standard InChI is InChI=1S/C21H28O3/c1-20-8-6-17-16-5-3-14(22)10-13(16)2-4-18(17)19(20)7-9-21(20,23)11-15-12-24-15/h3,5,10,15,17-19,22-23H,2,4,6-9,11-12H2,1H3/t15?,17-,18-,19+,20+,21-/m1/s1. The molecule has 1 heterocycles. The summed E-state index contributed by atoms with van der Waals surface area (Å²) in [5.74, 6) is 2.33. The molecule has 1 aromatic carbocycles. The SMILES string of the molecule is C[C@]12CC[C@@H]3c4ccc(O)cc4CC[C@H]3[C@@H]1CC[C@@]2(O)CC1CO1. The van der Waals surface area contributed by atoms with Crippen molar-refractivity contribution in [3.8, 4) is 5.75 Å². The summed E-state index contributed by atoms with van der Waals surface area (Å²) in [6.07, 6.45) is 7.80. The molecule has 3 fully saturated rings. The van der Waals surface area contributed by atoms with Gasteiger partial charge in [-0.15, -0.1) is 0 Å². The Labute approximate surface area is 144 Å². The van der Waals surface area contributed by atoms with Crippen LogP contribution in [0, 0.1) is 17.3 Å². The fourth-order valence-corrected chi connectivity index (χ4v) is 6.58. The molecule has 3 nitrogen and oxygen atoms in total. The van der Waals surface area contributed by atoms with E-state index in [1.54, 1.807) is 0 Å². The molecule has 0 bridgehead atoms. The third kappa shape index (κ3) is 2.04. The lowest BCUT2D eigenvalue weighted by Gasteiger charge is -2.53. The normalized spacial score (nSPS) is 46.1. The highest BCUT2D eigenvalue weighted by Gasteiger charge is 2.62. The number of fused-ring (bicyclic) bond motifs is 5. The quantitative estimate of drug-likeness (QED) is 0.813. The van der Waals surface area contributed by atoms with Gasteiger partial charge in [-0.3, -0.25) is 0 Å². The monoisotopic (exact) mass is 328 g/mol. The number of aliphatic hydroxyl groups is 1. The number of epoxide rings is 1. The highest BCUT2D eigenvalue weighted by molar-refractivity contribution is 5.40. The number of aromatic hydroxyl groups is 1. The number of ether oxygens (including phenoxy) is 1. The predicted octanol–water partition coefficient (Wildman–Crippen LogP) is 3.77. The number of rotatable bonds is 2. The van der Waals surface area contributed by atoms with Crippen LogP contribution in [0.1, 0.15) is 62.5 Å². The summed E-state index contributed by atoms with van der Waals surface area (Å²) >= 11 is 0. The molecule has 0 aromatic heterocycles. The molecule has 1 aliphatic heterocycles. The molecule has 0 amide bonds. The van der Waals surface area contributed by atoms with Crippen molar-refractivity contribution in [1.82, 2.24) is 0 Å². The largest absolute Gasteiger partial charge is 0.508 e. The van der Waals surface area contributed by atoms with E-state index >= 15 is 0 Å². The van der Waals surface area contributed by atoms with Crippen LogP contribution >= 0.6 is 0 Å². The van der Waals surface area contributed by atoms with Crippen LogP contribution in [0.3, 0.4) is 0 Å². The molecule has 1 unspecified atom stereocenters. The zero-order valence-corrected chi connectivity index (χ0v) is 14.5. The first-order valence-electron chi connectivity index (χ1n) is 9.66. The molecular formula is C21H28O3. The second-order valence-corrected chi connectivity index (χ2v) is 8.98. The number of phenols is 1. The van der Waals surface area contributed by atoms with Crippen LogP contribution in [0.2, 0.25) is 0 Å². The Morgan fingerprint density at radius 3 is 2.83 bits per heavy atom. The maximum absolute atomic E-state index is 11.5. The first-order valence-corrected chi connectivity index (χ1v) is 9.66. The number of phenolic OH excluding ortho intramolecular Hbond substituents is 1. The molecule has 6 atom stereocenters. The average molecular weight is 328 g/mol. The minimum Gasteiger partial charge on any atom is -0.508 e. The van der Waals surface area contributed by atoms with Crippen molar-refractivity contribution in [2.24, 2.45) is 17.3 Å². The van der Waals surface area contributed by atoms with Crippen LogP contribution in [0.25, 0.3) is 0 Å². The lowest BCUT2D eigenvalue weighted by molar-refractivity contribution is -0.110. The van der Waals surface area contributed by atoms with Gasteiger partial charge in [0.1, 0.15) is 5.75 Å². The first kappa shape index (κ1) is 15.2. The Morgan fingerprint density at radius 1 is 1.21 bits per heavy atom. The second-order valence-electron chi connectivity index (χ2n) is 8.98. The van der Waals surface area contributed by atoms with Gasteiger partial charge < -0.3 is 14.9 Å². The van der Waals surface area contributed by atoms with Crippen LogP contribution in [0.5, 0.6) is 5.75 Å². The van der Waals surface area contributed by atoms with Gasteiger partial charge in [0.2, 0.25) is 0 Å². The van der Waals surface area contributed by atoms with E-state index in [1.807, 2.05) is 12.1 Å². The molecule has 1 saturated heterocycles. The van der Waals surface area contributed by atoms with Crippen molar-refractivity contribution in [1.29, 1.82) is 0 Å². The maximum atomic E-state index is 11.5. The Balaban J connectivity index is 1.47. The molecule has 2 saturated carbocycles. The van der Waals surface area contributed by atoms with Crippen molar-refractivity contribution in [2.75, 3.05) is 6.61 Å². The predicted molar refractivity (Wildman–Crippen MR) is 92.0 cm³/mol. The topological polar surface area (TPSA) is 53.0 Å². The Bertz CT molecular complexity index is 667. The Morgan fingerprint density at radius 2 is 2.04 bits per heavy atom. The van der Waals surface area contributed by atoms with Gasteiger partial charge in [0.25, 0.3) is 0 Å². The fourth-order valence-electron chi connectivity index (χ4n) is 6.58. The average Bonchev–Trinajstić information content (AvgIpc) is 3.32. The molecule has 0 spiro atoms. The minimum absolute atomic E-state index is 0.0501. The molecule has 130 valence electrons. The van der Waals surface area contributed by atoms with Gasteiger partial charge in [0.15, 0.2) is 0 Å². The van der Waals surface area contributed by atoms with Gasteiger partial charge in [0, 0.05) is 6.42 Å². The van der Waals surface area contributed by atoms with Gasteiger partial charge in [0.05, 0.1) is 18.3 Å². The number of hydrogen-bond donors (Lipinski definition) is 2. The molecule has 1 aromatic rings. The zero-order valence-electron chi connectivity index (χ0n) is 14.5. The summed E-state index contributed by atoms with van der Waals surface area (Å²) in [6.45, 7) is 3.20. The number of benzene rings is 1. The molecular weight excluding hydrogens is 300 g/mol. The lowest BCUT2D eigenvalue weighted by Crippen LogP contribution is -2.51. The molecule has 24 heavy (non-hydrogen) atoms. The van der Waals surface area contributed by atoms with Gasteiger partial charge in [-0.25, -0.2) is 0 Å². The Kier molecular flexibility index (Phi) is 3.16. The van der Waals surface area contributed by atoms with Crippen LogP contribution in [0.15, 0.2) is 18.2 Å². The molecule has 2 N–H and O–H groups in total. The highest BCUT2D eigenvalue weighted by Crippen LogP contribution is 2.65. The third-order valence-corrected chi connectivity index (χ3v) is 8.00. The van der Waals surface area contributed by atoms with Gasteiger partial charge in [-0.1, -0.05) is 13.0 Å². The zero-order chi connectivity index (χ0) is 16.5. The second kappa shape index (κ2) is 4.98. The van der Waals surface area contributed by atoms with Gasteiger partial charge in [-0.05, 0) is 85.0 Å². The highest BCUT2D eigenvalue weighted by atomic mass is 16.6. The van der Waals surface area contributed by atoms with Crippen LogP contribution < -0.4 is 0 Å². The van der Waals surface area contributed by atoms with Gasteiger partial charge >= 0.3 is 0 Å². The summed E-state index contributed by atoms with van der Waals surface area (Å²) in [7, 11) is 0. The van der Waals surface area contributed by atoms with Crippen LogP contribution in [-0.2, 0) is 11.2 Å². The van der Waals surface area contributed by atoms with E-state index < -0.39 is 5.60 Å². The number of aryl methyl sites for hydroxylation is 1. The molecule has 5 rings (SSSR count). The maximum Gasteiger partial charge on any atom is 0.115 e. The Hall–Kier alpha value is -1.06. The number of hydrogen-bond acceptors (Lipinski definition) is 3. The van der Waals surface area contributed by atoms with E-state index in [-0.39, 0.29) is 5.41 Å². The van der Waals surface area contributed by atoms with Gasteiger partial charge in [-0.2, -0.15) is 0 Å². The van der Waals surface area contributed by atoms with E-state index in [4.69, 9.17) is 4.74 Å². The summed E-state index contributed by atoms with van der Waals surface area (Å²) in [5.41, 5.74) is 2.33. The molecule has 3 aliphatic carbocycles.